The number of aryl methyl sites for hydroxylation is 1. The van der Waals surface area contributed by atoms with Gasteiger partial charge >= 0.3 is 5.97 Å². The van der Waals surface area contributed by atoms with E-state index >= 15 is 0 Å². The molecule has 40 heavy (non-hydrogen) atoms. The molecule has 1 saturated heterocycles. The molecule has 2 fully saturated rings. The Morgan fingerprint density at radius 1 is 0.900 bits per heavy atom. The van der Waals surface area contributed by atoms with Crippen LogP contribution in [0, 0.1) is 11.8 Å². The van der Waals surface area contributed by atoms with Gasteiger partial charge in [0.05, 0.1) is 5.69 Å². The summed E-state index contributed by atoms with van der Waals surface area (Å²) in [6.45, 7) is 5.96. The van der Waals surface area contributed by atoms with Crippen molar-refractivity contribution in [3.8, 4) is 11.3 Å². The lowest BCUT2D eigenvalue weighted by Crippen LogP contribution is -2.34. The molecule has 1 aromatic heterocycles. The van der Waals surface area contributed by atoms with E-state index in [1.165, 1.54) is 22.9 Å². The van der Waals surface area contributed by atoms with E-state index in [4.69, 9.17) is 0 Å². The maximum atomic E-state index is 12.3. The third-order valence-corrected chi connectivity index (χ3v) is 8.28. The number of rotatable bonds is 9. The number of aromatic amines is 1. The highest BCUT2D eigenvalue weighted by atomic mass is 35.5. The number of anilines is 1. The summed E-state index contributed by atoms with van der Waals surface area (Å²) in [6.07, 6.45) is 0.632. The molecule has 1 saturated carbocycles. The first-order valence-corrected chi connectivity index (χ1v) is 13.7. The number of nitrogens with one attached hydrogen (secondary N) is 1. The number of aromatic carboxylic acids is 1. The van der Waals surface area contributed by atoms with E-state index in [0.717, 1.165) is 37.3 Å². The van der Waals surface area contributed by atoms with Crippen molar-refractivity contribution in [2.24, 2.45) is 11.8 Å². The molecule has 1 aliphatic heterocycles. The molecule has 4 aromatic rings. The highest BCUT2D eigenvalue weighted by Crippen LogP contribution is 2.50. The molecular formula is C33H34ClN3O3. The van der Waals surface area contributed by atoms with Crippen LogP contribution in [0.3, 0.4) is 0 Å². The van der Waals surface area contributed by atoms with E-state index in [-0.39, 0.29) is 18.0 Å². The van der Waals surface area contributed by atoms with Crippen LogP contribution in [0.5, 0.6) is 0 Å². The first-order chi connectivity index (χ1) is 19.0. The number of piperidine rings is 1. The number of carboxylic acid groups (broad SMARTS) is 1. The van der Waals surface area contributed by atoms with Gasteiger partial charge in [-0.25, -0.2) is 4.79 Å². The van der Waals surface area contributed by atoms with E-state index in [1.54, 1.807) is 0 Å². The summed E-state index contributed by atoms with van der Waals surface area (Å²) in [5.74, 6) is 0.109. The lowest BCUT2D eigenvalue weighted by atomic mass is 10.0. The van der Waals surface area contributed by atoms with Crippen molar-refractivity contribution in [2.45, 2.75) is 32.5 Å². The normalized spacial score (nSPS) is 19.2. The quantitative estimate of drug-likeness (QED) is 0.270. The molecule has 3 atom stereocenters. The molecule has 0 spiro atoms. The summed E-state index contributed by atoms with van der Waals surface area (Å²) in [6, 6.07) is 31.9. The van der Waals surface area contributed by atoms with Crippen LogP contribution in [0.25, 0.3) is 11.3 Å². The first kappa shape index (κ1) is 27.7. The summed E-state index contributed by atoms with van der Waals surface area (Å²) >= 11 is 0. The van der Waals surface area contributed by atoms with Crippen molar-refractivity contribution in [1.29, 1.82) is 0 Å². The van der Waals surface area contributed by atoms with Gasteiger partial charge < -0.3 is 15.0 Å². The molecule has 1 aliphatic carbocycles. The van der Waals surface area contributed by atoms with Crippen LogP contribution in [-0.2, 0) is 19.5 Å². The van der Waals surface area contributed by atoms with Gasteiger partial charge in [-0.15, -0.1) is 12.4 Å². The molecular weight excluding hydrogens is 522 g/mol. The Labute approximate surface area is 240 Å². The van der Waals surface area contributed by atoms with Crippen molar-refractivity contribution in [2.75, 3.05) is 18.0 Å². The van der Waals surface area contributed by atoms with Gasteiger partial charge in [0.2, 0.25) is 0 Å². The molecule has 6 rings (SSSR count). The highest BCUT2D eigenvalue weighted by Gasteiger charge is 2.58. The van der Waals surface area contributed by atoms with Crippen molar-refractivity contribution in [3.05, 3.63) is 124 Å². The van der Waals surface area contributed by atoms with Gasteiger partial charge in [-0.2, -0.15) is 0 Å². The van der Waals surface area contributed by atoms with E-state index in [2.05, 4.69) is 87.6 Å². The smallest absolute Gasteiger partial charge is 0.341 e. The minimum absolute atomic E-state index is 0. The number of halogens is 1. The summed E-state index contributed by atoms with van der Waals surface area (Å²) in [7, 11) is 0. The minimum Gasteiger partial charge on any atom is -0.477 e. The van der Waals surface area contributed by atoms with Gasteiger partial charge in [0, 0.05) is 37.9 Å². The maximum absolute atomic E-state index is 12.3. The summed E-state index contributed by atoms with van der Waals surface area (Å²) in [4.78, 5) is 31.6. The number of aromatic nitrogens is 1. The number of nitrogens with zero attached hydrogens (tertiary/aromatic N) is 2. The second-order valence-corrected chi connectivity index (χ2v) is 10.7. The van der Waals surface area contributed by atoms with Crippen LogP contribution in [0.4, 0.5) is 5.69 Å². The van der Waals surface area contributed by atoms with Crippen molar-refractivity contribution < 1.29 is 9.90 Å². The Balaban J connectivity index is 0.00000323. The first-order valence-electron chi connectivity index (χ1n) is 13.7. The molecule has 6 nitrogen and oxygen atoms in total. The third-order valence-electron chi connectivity index (χ3n) is 8.28. The SMILES string of the molecule is CCc1cc(C(=O)O)c(=O)[nH]c1-c1ccc(N2C[C@@H]3[C@H](C2)[C@@H]3N(Cc2ccccc2)Cc2ccccc2)cc1.Cl. The number of hydrogen-bond donors (Lipinski definition) is 2. The Hall–Kier alpha value is -3.87. The molecule has 7 heteroatoms. The second-order valence-electron chi connectivity index (χ2n) is 10.7. The van der Waals surface area contributed by atoms with Crippen LogP contribution in [-0.4, -0.2) is 40.1 Å². The monoisotopic (exact) mass is 555 g/mol. The van der Waals surface area contributed by atoms with Crippen LogP contribution < -0.4 is 10.5 Å². The summed E-state index contributed by atoms with van der Waals surface area (Å²) in [5.41, 5.74) is 5.52. The standard InChI is InChI=1S/C33H33N3O3.ClH/c1-2-24-17-27(33(38)39)32(37)34-30(24)25-13-15-26(16-14-25)35-20-28-29(21-35)31(28)36(18-22-9-5-3-6-10-22)19-23-11-7-4-8-12-23;/h3-17,28-29,31H,2,18-21H2,1H3,(H,34,37)(H,38,39);1H/t28-,29+,31-;. The topological polar surface area (TPSA) is 76.6 Å². The fraction of sp³-hybridized carbons (Fsp3) is 0.273. The molecule has 2 N–H and O–H groups in total. The van der Waals surface area contributed by atoms with E-state index < -0.39 is 11.5 Å². The van der Waals surface area contributed by atoms with Gasteiger partial charge in [0.15, 0.2) is 0 Å². The zero-order chi connectivity index (χ0) is 26.9. The van der Waals surface area contributed by atoms with Crippen LogP contribution >= 0.6 is 12.4 Å². The van der Waals surface area contributed by atoms with Crippen LogP contribution in [0.2, 0.25) is 0 Å². The summed E-state index contributed by atoms with van der Waals surface area (Å²) < 4.78 is 0. The average molecular weight is 556 g/mol. The highest BCUT2D eigenvalue weighted by molar-refractivity contribution is 5.88. The van der Waals surface area contributed by atoms with Gasteiger partial charge in [-0.05, 0) is 58.7 Å². The number of pyridine rings is 1. The van der Waals surface area contributed by atoms with Gasteiger partial charge in [-0.3, -0.25) is 9.69 Å². The number of hydrogen-bond acceptors (Lipinski definition) is 4. The average Bonchev–Trinajstić information content (AvgIpc) is 3.46. The van der Waals surface area contributed by atoms with Gasteiger partial charge in [0.1, 0.15) is 5.56 Å². The molecule has 3 aromatic carbocycles. The van der Waals surface area contributed by atoms with Crippen LogP contribution in [0.15, 0.2) is 95.8 Å². The number of benzene rings is 3. The van der Waals surface area contributed by atoms with Crippen molar-refractivity contribution in [3.63, 3.8) is 0 Å². The molecule has 2 aliphatic rings. The Morgan fingerprint density at radius 3 is 1.95 bits per heavy atom. The largest absolute Gasteiger partial charge is 0.477 e. The van der Waals surface area contributed by atoms with Crippen LogP contribution in [0.1, 0.15) is 34.0 Å². The molecule has 2 heterocycles. The van der Waals surface area contributed by atoms with E-state index in [9.17, 15) is 14.7 Å². The Morgan fingerprint density at radius 2 is 1.45 bits per heavy atom. The number of H-pyrrole nitrogens is 1. The second kappa shape index (κ2) is 11.7. The fourth-order valence-corrected chi connectivity index (χ4v) is 6.26. The lowest BCUT2D eigenvalue weighted by Gasteiger charge is -2.28. The minimum atomic E-state index is -1.20. The molecule has 0 unspecified atom stereocenters. The number of carboxylic acids is 1. The molecule has 0 radical (unpaired) electrons. The fourth-order valence-electron chi connectivity index (χ4n) is 6.26. The lowest BCUT2D eigenvalue weighted by molar-refractivity contribution is 0.0695. The van der Waals surface area contributed by atoms with Crippen molar-refractivity contribution >= 4 is 24.1 Å². The molecule has 0 bridgehead atoms. The number of carbonyl (C=O) groups is 1. The predicted molar refractivity (Wildman–Crippen MR) is 161 cm³/mol. The Bertz CT molecular complexity index is 1470. The zero-order valence-corrected chi connectivity index (χ0v) is 23.3. The zero-order valence-electron chi connectivity index (χ0n) is 22.5. The third kappa shape index (κ3) is 5.55. The predicted octanol–water partition coefficient (Wildman–Crippen LogP) is 5.86. The van der Waals surface area contributed by atoms with E-state index in [1.807, 2.05) is 19.1 Å². The Kier molecular flexibility index (Phi) is 8.10. The van der Waals surface area contributed by atoms with Gasteiger partial charge in [-0.1, -0.05) is 79.7 Å². The molecule has 0 amide bonds. The van der Waals surface area contributed by atoms with E-state index in [0.29, 0.717) is 30.0 Å². The maximum Gasteiger partial charge on any atom is 0.341 e. The summed E-state index contributed by atoms with van der Waals surface area (Å²) in [5, 5.41) is 9.30. The molecule has 206 valence electrons. The van der Waals surface area contributed by atoms with Crippen molar-refractivity contribution in [1.82, 2.24) is 9.88 Å². The van der Waals surface area contributed by atoms with Gasteiger partial charge in [0.25, 0.3) is 5.56 Å². The number of fused-ring (bicyclic) bond motifs is 1.